The topological polar surface area (TPSA) is 119 Å². The number of ketones is 1. The van der Waals surface area contributed by atoms with Crippen LogP contribution in [0.1, 0.15) is 88.8 Å². The third-order valence-electron chi connectivity index (χ3n) is 6.95. The lowest BCUT2D eigenvalue weighted by Crippen LogP contribution is -2.34. The molecule has 1 aliphatic heterocycles. The fraction of sp³-hybridized carbons (Fsp3) is 0.444. The molecule has 184 valence electrons. The van der Waals surface area contributed by atoms with Crippen molar-refractivity contribution < 1.29 is 14.3 Å². The van der Waals surface area contributed by atoms with Gasteiger partial charge in [-0.3, -0.25) is 4.79 Å². The van der Waals surface area contributed by atoms with Gasteiger partial charge in [-0.2, -0.15) is 4.98 Å². The SMILES string of the molecule is CC(C)(C)c1cc([C@H]2C3=C(C[C@@H](c4ccco4)CC3=O)Nc3nc(N)nn32)cc(C(C)(C)C)c1O. The van der Waals surface area contributed by atoms with E-state index in [1.807, 2.05) is 24.3 Å². The van der Waals surface area contributed by atoms with Crippen LogP contribution in [0.25, 0.3) is 0 Å². The largest absolute Gasteiger partial charge is 0.507 e. The van der Waals surface area contributed by atoms with Gasteiger partial charge in [0.05, 0.1) is 6.26 Å². The lowest BCUT2D eigenvalue weighted by molar-refractivity contribution is -0.117. The van der Waals surface area contributed by atoms with Crippen molar-refractivity contribution in [2.75, 3.05) is 11.1 Å². The normalized spacial score (nSPS) is 20.5. The van der Waals surface area contributed by atoms with Crippen molar-refractivity contribution in [2.45, 2.75) is 77.2 Å². The maximum atomic E-state index is 13.7. The molecule has 0 saturated heterocycles. The Morgan fingerprint density at radius 2 is 1.77 bits per heavy atom. The number of Topliss-reactive ketones (excluding diaryl/α,β-unsaturated/α-hetero) is 1. The number of hydrogen-bond donors (Lipinski definition) is 3. The molecule has 0 amide bonds. The minimum absolute atomic E-state index is 0.0348. The predicted molar refractivity (Wildman–Crippen MR) is 134 cm³/mol. The summed E-state index contributed by atoms with van der Waals surface area (Å²) in [6, 6.07) is 7.25. The third kappa shape index (κ3) is 3.90. The Kier molecular flexibility index (Phi) is 5.12. The van der Waals surface area contributed by atoms with Crippen LogP contribution >= 0.6 is 0 Å². The molecule has 1 aromatic carbocycles. The van der Waals surface area contributed by atoms with E-state index < -0.39 is 6.04 Å². The Morgan fingerprint density at radius 1 is 1.11 bits per heavy atom. The highest BCUT2D eigenvalue weighted by atomic mass is 16.3. The van der Waals surface area contributed by atoms with E-state index in [-0.39, 0.29) is 28.5 Å². The first-order valence-electron chi connectivity index (χ1n) is 12.0. The number of aromatic hydroxyl groups is 1. The van der Waals surface area contributed by atoms with Crippen LogP contribution in [-0.2, 0) is 15.6 Å². The third-order valence-corrected chi connectivity index (χ3v) is 6.95. The summed E-state index contributed by atoms with van der Waals surface area (Å²) in [5.74, 6) is 1.71. The number of rotatable bonds is 2. The number of nitrogens with one attached hydrogen (secondary N) is 1. The van der Waals surface area contributed by atoms with E-state index in [4.69, 9.17) is 10.2 Å². The van der Waals surface area contributed by atoms with E-state index in [1.54, 1.807) is 10.9 Å². The summed E-state index contributed by atoms with van der Waals surface area (Å²) in [5.41, 5.74) is 9.39. The lowest BCUT2D eigenvalue weighted by Gasteiger charge is -2.36. The molecule has 2 atom stereocenters. The van der Waals surface area contributed by atoms with E-state index in [1.165, 1.54) is 0 Å². The molecule has 8 nitrogen and oxygen atoms in total. The molecule has 2 aliphatic rings. The van der Waals surface area contributed by atoms with Gasteiger partial charge in [0.2, 0.25) is 11.9 Å². The van der Waals surface area contributed by atoms with Gasteiger partial charge in [-0.15, -0.1) is 5.10 Å². The first kappa shape index (κ1) is 23.2. The van der Waals surface area contributed by atoms with Crippen molar-refractivity contribution in [3.05, 3.63) is 64.2 Å². The number of phenolic OH excluding ortho intramolecular Hbond substituents is 1. The van der Waals surface area contributed by atoms with Gasteiger partial charge in [-0.1, -0.05) is 41.5 Å². The van der Waals surface area contributed by atoms with Gasteiger partial charge >= 0.3 is 0 Å². The van der Waals surface area contributed by atoms with Gasteiger partial charge in [0.25, 0.3) is 0 Å². The number of nitrogens with two attached hydrogens (primary N) is 1. The van der Waals surface area contributed by atoms with Crippen LogP contribution in [0.15, 0.2) is 46.2 Å². The van der Waals surface area contributed by atoms with Gasteiger partial charge < -0.3 is 20.6 Å². The second-order valence-corrected chi connectivity index (χ2v) is 11.7. The number of phenols is 1. The van der Waals surface area contributed by atoms with Crippen molar-refractivity contribution in [1.29, 1.82) is 0 Å². The molecule has 1 aliphatic carbocycles. The molecule has 5 rings (SSSR count). The number of nitrogen functional groups attached to an aromatic ring is 1. The maximum Gasteiger partial charge on any atom is 0.241 e. The van der Waals surface area contributed by atoms with E-state index in [2.05, 4.69) is 56.9 Å². The molecule has 0 saturated carbocycles. The number of carbonyl (C=O) groups is 1. The molecule has 4 N–H and O–H groups in total. The Hall–Kier alpha value is -3.55. The number of nitrogens with zero attached hydrogens (tertiary/aromatic N) is 3. The molecule has 2 aromatic heterocycles. The number of carbonyl (C=O) groups excluding carboxylic acids is 1. The Balaban J connectivity index is 1.73. The average molecular weight is 476 g/mol. The van der Waals surface area contributed by atoms with Gasteiger partial charge in [0.1, 0.15) is 17.6 Å². The zero-order chi connectivity index (χ0) is 25.3. The van der Waals surface area contributed by atoms with E-state index >= 15 is 0 Å². The quantitative estimate of drug-likeness (QED) is 0.468. The molecular formula is C27H33N5O3. The zero-order valence-electron chi connectivity index (χ0n) is 21.1. The zero-order valence-corrected chi connectivity index (χ0v) is 21.1. The van der Waals surface area contributed by atoms with Crippen LogP contribution in [0.3, 0.4) is 0 Å². The number of aromatic nitrogens is 3. The van der Waals surface area contributed by atoms with Crippen LogP contribution in [0, 0.1) is 0 Å². The summed E-state index contributed by atoms with van der Waals surface area (Å²) >= 11 is 0. The number of hydrogen-bond acceptors (Lipinski definition) is 7. The monoisotopic (exact) mass is 475 g/mol. The number of benzene rings is 1. The van der Waals surface area contributed by atoms with Gasteiger partial charge in [0.15, 0.2) is 5.78 Å². The second-order valence-electron chi connectivity index (χ2n) is 11.7. The second kappa shape index (κ2) is 7.73. The van der Waals surface area contributed by atoms with Gasteiger partial charge in [0, 0.05) is 23.6 Å². The lowest BCUT2D eigenvalue weighted by atomic mass is 9.75. The van der Waals surface area contributed by atoms with Gasteiger partial charge in [-0.05, 0) is 58.2 Å². The van der Waals surface area contributed by atoms with E-state index in [0.717, 1.165) is 28.1 Å². The van der Waals surface area contributed by atoms with Crippen LogP contribution < -0.4 is 11.1 Å². The van der Waals surface area contributed by atoms with Crippen molar-refractivity contribution in [2.24, 2.45) is 0 Å². The van der Waals surface area contributed by atoms with E-state index in [0.29, 0.717) is 30.1 Å². The number of anilines is 2. The fourth-order valence-corrected chi connectivity index (χ4v) is 5.22. The van der Waals surface area contributed by atoms with Gasteiger partial charge in [-0.25, -0.2) is 4.68 Å². The maximum absolute atomic E-state index is 13.7. The van der Waals surface area contributed by atoms with Crippen LogP contribution in [0.2, 0.25) is 0 Å². The predicted octanol–water partition coefficient (Wildman–Crippen LogP) is 5.17. The Morgan fingerprint density at radius 3 is 2.34 bits per heavy atom. The Labute approximate surface area is 205 Å². The minimum atomic E-state index is -0.501. The summed E-state index contributed by atoms with van der Waals surface area (Å²) in [7, 11) is 0. The fourth-order valence-electron chi connectivity index (χ4n) is 5.22. The molecule has 3 heterocycles. The molecule has 0 spiro atoms. The van der Waals surface area contributed by atoms with E-state index in [9.17, 15) is 9.90 Å². The number of fused-ring (bicyclic) bond motifs is 1. The molecular weight excluding hydrogens is 442 g/mol. The van der Waals surface area contributed by atoms with Crippen LogP contribution in [0.4, 0.5) is 11.9 Å². The highest BCUT2D eigenvalue weighted by Crippen LogP contribution is 2.47. The molecule has 8 heteroatoms. The van der Waals surface area contributed by atoms with Crippen molar-refractivity contribution in [3.8, 4) is 5.75 Å². The van der Waals surface area contributed by atoms with Crippen LogP contribution in [0.5, 0.6) is 5.75 Å². The Bertz CT molecular complexity index is 1300. The summed E-state index contributed by atoms with van der Waals surface area (Å²) in [6.45, 7) is 12.4. The van der Waals surface area contributed by atoms with Crippen molar-refractivity contribution in [3.63, 3.8) is 0 Å². The smallest absolute Gasteiger partial charge is 0.241 e. The molecule has 0 radical (unpaired) electrons. The number of furan rings is 1. The molecule has 0 bridgehead atoms. The molecule has 0 fully saturated rings. The van der Waals surface area contributed by atoms with Crippen molar-refractivity contribution in [1.82, 2.24) is 14.8 Å². The average Bonchev–Trinajstić information content (AvgIpc) is 3.39. The highest BCUT2D eigenvalue weighted by molar-refractivity contribution is 6.00. The standard InChI is InChI=1S/C27H33N5O3/c1-26(2,3)16-10-15(11-17(23(16)34)27(4,5)6)22-21-18(29-25-30-24(28)31-32(22)25)12-14(13-19(21)33)20-8-7-9-35-20/h7-11,14,22,34H,12-13H2,1-6H3,(H3,28,29,30,31)/t14-,22+/m1/s1. The van der Waals surface area contributed by atoms with Crippen LogP contribution in [-0.4, -0.2) is 25.7 Å². The van der Waals surface area contributed by atoms with Crippen molar-refractivity contribution >= 4 is 17.7 Å². The molecule has 0 unspecified atom stereocenters. The molecule has 35 heavy (non-hydrogen) atoms. The summed E-state index contributed by atoms with van der Waals surface area (Å²) in [5, 5.41) is 19.0. The number of allylic oxidation sites excluding steroid dienone is 2. The first-order valence-corrected chi connectivity index (χ1v) is 12.0. The summed E-state index contributed by atoms with van der Waals surface area (Å²) in [4.78, 5) is 18.1. The summed E-state index contributed by atoms with van der Waals surface area (Å²) < 4.78 is 7.32. The summed E-state index contributed by atoms with van der Waals surface area (Å²) in [6.07, 6.45) is 2.60. The molecule has 3 aromatic rings. The first-order chi connectivity index (χ1) is 16.3. The minimum Gasteiger partial charge on any atom is -0.507 e. The highest BCUT2D eigenvalue weighted by Gasteiger charge is 2.41.